The van der Waals surface area contributed by atoms with Crippen LogP contribution >= 0.6 is 11.8 Å². The molecule has 0 nitrogen and oxygen atoms in total. The molecule has 0 amide bonds. The van der Waals surface area contributed by atoms with E-state index in [1.165, 1.54) is 24.3 Å². The van der Waals surface area contributed by atoms with Gasteiger partial charge in [-0.3, -0.25) is 0 Å². The van der Waals surface area contributed by atoms with E-state index in [4.69, 9.17) is 6.58 Å². The molecule has 0 aliphatic carbocycles. The monoisotopic (exact) mass is 143 g/mol. The highest BCUT2D eigenvalue weighted by Gasteiger charge is 1.84. The fourth-order valence-electron chi connectivity index (χ4n) is 0.611. The van der Waals surface area contributed by atoms with Gasteiger partial charge in [-0.25, -0.2) is 0 Å². The smallest absolute Gasteiger partial charge is 0.00675 e. The van der Waals surface area contributed by atoms with Crippen molar-refractivity contribution in [3.63, 3.8) is 0 Å². The van der Waals surface area contributed by atoms with Gasteiger partial charge in [-0.1, -0.05) is 19.6 Å². The van der Waals surface area contributed by atoms with E-state index in [0.29, 0.717) is 0 Å². The summed E-state index contributed by atoms with van der Waals surface area (Å²) in [5.41, 5.74) is 0. The Morgan fingerprint density at radius 2 is 2.22 bits per heavy atom. The molecule has 53 valence electrons. The fraction of sp³-hybridized carbons (Fsp3) is 0.750. The standard InChI is InChI=1S/C8H15S/c1-3-5-6-7-8-9-4-2/h1,3H,4-8H2,2H3. The predicted octanol–water partition coefficient (Wildman–Crippen LogP) is 2.90. The van der Waals surface area contributed by atoms with E-state index in [9.17, 15) is 0 Å². The Labute approximate surface area is 62.7 Å². The molecule has 0 rings (SSSR count). The van der Waals surface area contributed by atoms with E-state index in [-0.39, 0.29) is 0 Å². The summed E-state index contributed by atoms with van der Waals surface area (Å²) in [6, 6.07) is 0. The Morgan fingerprint density at radius 3 is 2.78 bits per heavy atom. The first-order valence-corrected chi connectivity index (χ1v) is 4.68. The number of hydrogen-bond acceptors (Lipinski definition) is 1. The summed E-state index contributed by atoms with van der Waals surface area (Å²) in [7, 11) is 0. The predicted molar refractivity (Wildman–Crippen MR) is 45.7 cm³/mol. The van der Waals surface area contributed by atoms with Crippen molar-refractivity contribution in [2.75, 3.05) is 11.5 Å². The van der Waals surface area contributed by atoms with Crippen molar-refractivity contribution in [1.29, 1.82) is 0 Å². The van der Waals surface area contributed by atoms with Crippen LogP contribution in [-0.4, -0.2) is 11.5 Å². The van der Waals surface area contributed by atoms with Crippen LogP contribution in [0, 0.1) is 6.58 Å². The molecule has 0 aliphatic rings. The molecular formula is C8H15S. The third-order valence-electron chi connectivity index (χ3n) is 1.11. The highest BCUT2D eigenvalue weighted by molar-refractivity contribution is 7.99. The lowest BCUT2D eigenvalue weighted by atomic mass is 10.2. The van der Waals surface area contributed by atoms with Crippen molar-refractivity contribution >= 4 is 11.8 Å². The lowest BCUT2D eigenvalue weighted by Gasteiger charge is -1.94. The maximum atomic E-state index is 5.21. The Hall–Kier alpha value is 0.0900. The molecule has 0 unspecified atom stereocenters. The summed E-state index contributed by atoms with van der Waals surface area (Å²) in [5.74, 6) is 2.54. The van der Waals surface area contributed by atoms with Crippen molar-refractivity contribution in [2.45, 2.75) is 26.2 Å². The largest absolute Gasteiger partial charge is 0.162 e. The van der Waals surface area contributed by atoms with E-state index in [0.717, 1.165) is 6.42 Å². The molecule has 1 radical (unpaired) electrons. The van der Waals surface area contributed by atoms with Crippen molar-refractivity contribution in [3.05, 3.63) is 12.7 Å². The van der Waals surface area contributed by atoms with Crippen molar-refractivity contribution < 1.29 is 0 Å². The van der Waals surface area contributed by atoms with Crippen LogP contribution in [-0.2, 0) is 0 Å². The summed E-state index contributed by atoms with van der Waals surface area (Å²) < 4.78 is 0. The minimum Gasteiger partial charge on any atom is -0.162 e. The zero-order valence-electron chi connectivity index (χ0n) is 6.10. The molecule has 0 bridgehead atoms. The summed E-state index contributed by atoms with van der Waals surface area (Å²) in [6.07, 6.45) is 5.39. The van der Waals surface area contributed by atoms with E-state index in [1.54, 1.807) is 6.08 Å². The molecule has 1 heteroatoms. The number of unbranched alkanes of at least 4 members (excludes halogenated alkanes) is 2. The zero-order chi connectivity index (χ0) is 6.95. The third kappa shape index (κ3) is 8.09. The maximum absolute atomic E-state index is 5.21. The molecule has 0 saturated carbocycles. The number of rotatable bonds is 6. The minimum absolute atomic E-state index is 1.07. The van der Waals surface area contributed by atoms with Gasteiger partial charge in [0.05, 0.1) is 0 Å². The van der Waals surface area contributed by atoms with Crippen LogP contribution in [0.1, 0.15) is 26.2 Å². The van der Waals surface area contributed by atoms with Gasteiger partial charge in [0.15, 0.2) is 0 Å². The lowest BCUT2D eigenvalue weighted by molar-refractivity contribution is 0.823. The molecule has 0 atom stereocenters. The molecule has 0 aliphatic heterocycles. The number of thioether (sulfide) groups is 1. The summed E-state index contributed by atoms with van der Waals surface area (Å²) in [6.45, 7) is 7.41. The molecule has 0 aromatic rings. The SMILES string of the molecule is [CH]=CCCCCSCC. The van der Waals surface area contributed by atoms with Crippen molar-refractivity contribution in [1.82, 2.24) is 0 Å². The van der Waals surface area contributed by atoms with Crippen LogP contribution in [0.25, 0.3) is 0 Å². The normalized spacial score (nSPS) is 9.44. The number of allylic oxidation sites excluding steroid dienone is 1. The van der Waals surface area contributed by atoms with E-state index < -0.39 is 0 Å². The zero-order valence-corrected chi connectivity index (χ0v) is 6.91. The van der Waals surface area contributed by atoms with Gasteiger partial charge in [0.2, 0.25) is 0 Å². The highest BCUT2D eigenvalue weighted by Crippen LogP contribution is 2.04. The van der Waals surface area contributed by atoms with Crippen LogP contribution < -0.4 is 0 Å². The first-order valence-electron chi connectivity index (χ1n) is 3.53. The van der Waals surface area contributed by atoms with Crippen LogP contribution in [0.15, 0.2) is 6.08 Å². The minimum atomic E-state index is 1.07. The maximum Gasteiger partial charge on any atom is -0.00675 e. The van der Waals surface area contributed by atoms with Gasteiger partial charge in [0.1, 0.15) is 0 Å². The van der Waals surface area contributed by atoms with Gasteiger partial charge in [0, 0.05) is 0 Å². The first kappa shape index (κ1) is 9.09. The van der Waals surface area contributed by atoms with Gasteiger partial charge in [-0.05, 0) is 30.8 Å². The van der Waals surface area contributed by atoms with Gasteiger partial charge < -0.3 is 0 Å². The van der Waals surface area contributed by atoms with E-state index in [2.05, 4.69) is 6.92 Å². The van der Waals surface area contributed by atoms with Gasteiger partial charge in [0.25, 0.3) is 0 Å². The molecule has 0 heterocycles. The molecule has 0 N–H and O–H groups in total. The van der Waals surface area contributed by atoms with Crippen LogP contribution in [0.2, 0.25) is 0 Å². The molecule has 0 spiro atoms. The van der Waals surface area contributed by atoms with Gasteiger partial charge in [-0.2, -0.15) is 11.8 Å². The molecule has 9 heavy (non-hydrogen) atoms. The van der Waals surface area contributed by atoms with E-state index in [1.807, 2.05) is 11.8 Å². The van der Waals surface area contributed by atoms with Crippen LogP contribution in [0.4, 0.5) is 0 Å². The highest BCUT2D eigenvalue weighted by atomic mass is 32.2. The fourth-order valence-corrected chi connectivity index (χ4v) is 1.31. The first-order chi connectivity index (χ1) is 4.41. The lowest BCUT2D eigenvalue weighted by Crippen LogP contribution is -1.79. The van der Waals surface area contributed by atoms with Gasteiger partial charge in [-0.15, -0.1) is 0 Å². The topological polar surface area (TPSA) is 0 Å². The summed E-state index contributed by atoms with van der Waals surface area (Å²) in [4.78, 5) is 0. The molecular weight excluding hydrogens is 128 g/mol. The summed E-state index contributed by atoms with van der Waals surface area (Å²) >= 11 is 2.00. The second-order valence-electron chi connectivity index (χ2n) is 1.93. The Kier molecular flexibility index (Phi) is 8.17. The third-order valence-corrected chi connectivity index (χ3v) is 2.10. The van der Waals surface area contributed by atoms with Crippen molar-refractivity contribution in [3.8, 4) is 0 Å². The Morgan fingerprint density at radius 1 is 1.44 bits per heavy atom. The average Bonchev–Trinajstić information content (AvgIpc) is 1.89. The quantitative estimate of drug-likeness (QED) is 0.515. The van der Waals surface area contributed by atoms with Crippen LogP contribution in [0.3, 0.4) is 0 Å². The molecule has 0 aromatic heterocycles. The van der Waals surface area contributed by atoms with Gasteiger partial charge >= 0.3 is 0 Å². The molecule has 0 saturated heterocycles. The Bertz CT molecular complexity index is 59.6. The van der Waals surface area contributed by atoms with Crippen molar-refractivity contribution in [2.24, 2.45) is 0 Å². The second-order valence-corrected chi connectivity index (χ2v) is 3.32. The van der Waals surface area contributed by atoms with Crippen LogP contribution in [0.5, 0.6) is 0 Å². The average molecular weight is 143 g/mol. The van der Waals surface area contributed by atoms with E-state index >= 15 is 0 Å². The molecule has 0 aromatic carbocycles. The Balaban J connectivity index is 2.66. The molecule has 0 fully saturated rings. The number of hydrogen-bond donors (Lipinski definition) is 0. The second kappa shape index (κ2) is 8.09. The summed E-state index contributed by atoms with van der Waals surface area (Å²) in [5, 5.41) is 0.